The van der Waals surface area contributed by atoms with Gasteiger partial charge in [-0.1, -0.05) is 0 Å². The van der Waals surface area contributed by atoms with Crippen molar-refractivity contribution < 1.29 is 9.59 Å². The highest BCUT2D eigenvalue weighted by Crippen LogP contribution is 2.25. The van der Waals surface area contributed by atoms with Crippen molar-refractivity contribution in [2.75, 3.05) is 11.4 Å². The van der Waals surface area contributed by atoms with Crippen molar-refractivity contribution >= 4 is 28.3 Å². The molecule has 2 aliphatic heterocycles. The van der Waals surface area contributed by atoms with E-state index in [1.165, 1.54) is 11.3 Å². The maximum atomic E-state index is 12.3. The summed E-state index contributed by atoms with van der Waals surface area (Å²) in [6.45, 7) is 1.50. The number of carbonyl (C=O) groups is 2. The number of aryl methyl sites for hydroxylation is 1. The summed E-state index contributed by atoms with van der Waals surface area (Å²) in [6.07, 6.45) is 7.28. The van der Waals surface area contributed by atoms with E-state index in [2.05, 4.69) is 19.9 Å². The summed E-state index contributed by atoms with van der Waals surface area (Å²) < 4.78 is 2.09. The summed E-state index contributed by atoms with van der Waals surface area (Å²) in [5, 5.41) is 5.66. The first-order valence-corrected chi connectivity index (χ1v) is 9.11. The molecule has 2 aromatic rings. The summed E-state index contributed by atoms with van der Waals surface area (Å²) in [4.78, 5) is 34.5. The largest absolute Gasteiger partial charge is 0.351 e. The molecule has 2 aromatic heterocycles. The molecule has 1 N–H and O–H groups in total. The Morgan fingerprint density at radius 3 is 3.17 bits per heavy atom. The molecule has 0 spiro atoms. The van der Waals surface area contributed by atoms with Crippen LogP contribution in [0.15, 0.2) is 17.8 Å². The number of nitrogens with zero attached hydrogens (tertiary/aromatic N) is 4. The third kappa shape index (κ3) is 3.06. The number of rotatable bonds is 4. The van der Waals surface area contributed by atoms with Crippen LogP contribution in [0.4, 0.5) is 5.13 Å². The number of carbonyl (C=O) groups excluding carboxylic acids is 2. The minimum atomic E-state index is -0.0202. The maximum absolute atomic E-state index is 12.3. The van der Waals surface area contributed by atoms with E-state index in [9.17, 15) is 9.59 Å². The first-order valence-electron chi connectivity index (χ1n) is 8.23. The summed E-state index contributed by atoms with van der Waals surface area (Å²) in [7, 11) is 0. The van der Waals surface area contributed by atoms with Gasteiger partial charge in [0.05, 0.1) is 12.1 Å². The minimum absolute atomic E-state index is 0.0202. The van der Waals surface area contributed by atoms with Crippen LogP contribution in [0.3, 0.4) is 0 Å². The molecular weight excluding hydrogens is 326 g/mol. The van der Waals surface area contributed by atoms with E-state index < -0.39 is 0 Å². The fraction of sp³-hybridized carbons (Fsp3) is 0.500. The Kier molecular flexibility index (Phi) is 4.05. The molecule has 8 heteroatoms. The third-order valence-corrected chi connectivity index (χ3v) is 5.40. The second-order valence-corrected chi connectivity index (χ2v) is 7.08. The van der Waals surface area contributed by atoms with E-state index in [1.807, 2.05) is 11.6 Å². The first kappa shape index (κ1) is 15.3. The number of anilines is 1. The van der Waals surface area contributed by atoms with Crippen molar-refractivity contribution in [2.45, 2.75) is 44.7 Å². The molecule has 2 aliphatic rings. The van der Waals surface area contributed by atoms with E-state index in [1.54, 1.807) is 11.1 Å². The highest BCUT2D eigenvalue weighted by atomic mass is 32.1. The fourth-order valence-electron chi connectivity index (χ4n) is 3.28. The third-order valence-electron chi connectivity index (χ3n) is 4.49. The lowest BCUT2D eigenvalue weighted by atomic mass is 10.1. The fourth-order valence-corrected chi connectivity index (χ4v) is 4.15. The van der Waals surface area contributed by atoms with Crippen molar-refractivity contribution in [3.8, 4) is 0 Å². The van der Waals surface area contributed by atoms with Crippen molar-refractivity contribution in [3.63, 3.8) is 0 Å². The predicted molar refractivity (Wildman–Crippen MR) is 89.9 cm³/mol. The van der Waals surface area contributed by atoms with E-state index in [0.29, 0.717) is 11.6 Å². The van der Waals surface area contributed by atoms with E-state index in [0.717, 1.165) is 43.9 Å². The second-order valence-electron chi connectivity index (χ2n) is 6.25. The van der Waals surface area contributed by atoms with Crippen LogP contribution in [-0.4, -0.2) is 38.9 Å². The van der Waals surface area contributed by atoms with E-state index >= 15 is 0 Å². The molecule has 1 saturated heterocycles. The van der Waals surface area contributed by atoms with Crippen LogP contribution >= 0.6 is 11.3 Å². The summed E-state index contributed by atoms with van der Waals surface area (Å²) >= 11 is 1.43. The maximum Gasteiger partial charge on any atom is 0.228 e. The predicted octanol–water partition coefficient (Wildman–Crippen LogP) is 1.14. The zero-order chi connectivity index (χ0) is 16.5. The van der Waals surface area contributed by atoms with Gasteiger partial charge in [-0.3, -0.25) is 14.5 Å². The van der Waals surface area contributed by atoms with Gasteiger partial charge in [-0.15, -0.1) is 11.3 Å². The van der Waals surface area contributed by atoms with Crippen LogP contribution in [0.25, 0.3) is 0 Å². The summed E-state index contributed by atoms with van der Waals surface area (Å²) in [6, 6.07) is 0.137. The van der Waals surface area contributed by atoms with Gasteiger partial charge in [0.25, 0.3) is 0 Å². The number of hydrogen-bond acceptors (Lipinski definition) is 5. The van der Waals surface area contributed by atoms with Crippen LogP contribution in [-0.2, 0) is 29.0 Å². The Bertz CT molecular complexity index is 768. The topological polar surface area (TPSA) is 80.1 Å². The number of aromatic nitrogens is 3. The normalized spacial score (nSPS) is 20.2. The molecule has 24 heavy (non-hydrogen) atoms. The summed E-state index contributed by atoms with van der Waals surface area (Å²) in [5.74, 6) is 1.19. The molecule has 7 nitrogen and oxygen atoms in total. The van der Waals surface area contributed by atoms with Crippen molar-refractivity contribution in [1.29, 1.82) is 0 Å². The zero-order valence-electron chi connectivity index (χ0n) is 13.3. The number of fused-ring (bicyclic) bond motifs is 1. The molecule has 1 fully saturated rings. The first-order chi connectivity index (χ1) is 11.7. The molecule has 126 valence electrons. The lowest BCUT2D eigenvalue weighted by Crippen LogP contribution is -2.41. The van der Waals surface area contributed by atoms with Gasteiger partial charge in [-0.05, 0) is 12.8 Å². The Morgan fingerprint density at radius 1 is 1.42 bits per heavy atom. The molecule has 1 unspecified atom stereocenters. The number of nitrogens with one attached hydrogen (secondary N) is 1. The Labute approximate surface area is 143 Å². The smallest absolute Gasteiger partial charge is 0.228 e. The van der Waals surface area contributed by atoms with Gasteiger partial charge in [0.15, 0.2) is 5.13 Å². The van der Waals surface area contributed by atoms with Gasteiger partial charge < -0.3 is 9.88 Å². The van der Waals surface area contributed by atoms with Gasteiger partial charge in [0.1, 0.15) is 5.82 Å². The molecule has 0 aliphatic carbocycles. The minimum Gasteiger partial charge on any atom is -0.351 e. The number of imidazole rings is 1. The molecule has 0 radical (unpaired) electrons. The van der Waals surface area contributed by atoms with Gasteiger partial charge in [0.2, 0.25) is 11.8 Å². The highest BCUT2D eigenvalue weighted by molar-refractivity contribution is 7.14. The van der Waals surface area contributed by atoms with Gasteiger partial charge >= 0.3 is 0 Å². The average molecular weight is 345 g/mol. The average Bonchev–Trinajstić information content (AvgIpc) is 3.27. The van der Waals surface area contributed by atoms with Crippen molar-refractivity contribution in [2.24, 2.45) is 0 Å². The van der Waals surface area contributed by atoms with Crippen molar-refractivity contribution in [1.82, 2.24) is 19.9 Å². The SMILES string of the molecule is O=C(Cc1csc(N2CCCC2=O)n1)NC1CCc2nccn2C1. The molecule has 1 atom stereocenters. The van der Waals surface area contributed by atoms with Gasteiger partial charge in [-0.2, -0.15) is 0 Å². The zero-order valence-corrected chi connectivity index (χ0v) is 14.1. The number of hydrogen-bond donors (Lipinski definition) is 1. The number of amides is 2. The van der Waals surface area contributed by atoms with Crippen LogP contribution in [0, 0.1) is 0 Å². The molecule has 0 saturated carbocycles. The molecule has 0 aromatic carbocycles. The van der Waals surface area contributed by atoms with Crippen LogP contribution < -0.4 is 10.2 Å². The summed E-state index contributed by atoms with van der Waals surface area (Å²) in [5.41, 5.74) is 0.728. The van der Waals surface area contributed by atoms with E-state index in [-0.39, 0.29) is 24.3 Å². The van der Waals surface area contributed by atoms with Crippen LogP contribution in [0.2, 0.25) is 0 Å². The van der Waals surface area contributed by atoms with Crippen molar-refractivity contribution in [3.05, 3.63) is 29.3 Å². The lowest BCUT2D eigenvalue weighted by Gasteiger charge is -2.24. The molecule has 0 bridgehead atoms. The lowest BCUT2D eigenvalue weighted by molar-refractivity contribution is -0.121. The van der Waals surface area contributed by atoms with Gasteiger partial charge in [-0.25, -0.2) is 9.97 Å². The Balaban J connectivity index is 1.33. The molecule has 4 heterocycles. The Morgan fingerprint density at radius 2 is 2.33 bits per heavy atom. The Hall–Kier alpha value is -2.22. The second kappa shape index (κ2) is 6.35. The monoisotopic (exact) mass is 345 g/mol. The number of thiazole rings is 1. The standard InChI is InChI=1S/C16H19N5O2S/c22-14(18-11-3-4-13-17-5-7-20(13)9-11)8-12-10-24-16(19-12)21-6-1-2-15(21)23/h5,7,10-11H,1-4,6,8-9H2,(H,18,22). The van der Waals surface area contributed by atoms with Gasteiger partial charge in [0, 0.05) is 49.7 Å². The quantitative estimate of drug-likeness (QED) is 0.901. The highest BCUT2D eigenvalue weighted by Gasteiger charge is 2.25. The van der Waals surface area contributed by atoms with Crippen LogP contribution in [0.1, 0.15) is 30.8 Å². The van der Waals surface area contributed by atoms with E-state index in [4.69, 9.17) is 0 Å². The molecule has 2 amide bonds. The molecular formula is C16H19N5O2S. The molecule has 4 rings (SSSR count). The van der Waals surface area contributed by atoms with Crippen LogP contribution in [0.5, 0.6) is 0 Å².